The first kappa shape index (κ1) is 23.1. The molecule has 1 N–H and O–H groups in total. The molecule has 31 heavy (non-hydrogen) atoms. The lowest BCUT2D eigenvalue weighted by atomic mass is 10.0. The molecular weight excluding hydrogens is 416 g/mol. The monoisotopic (exact) mass is 446 g/mol. The summed E-state index contributed by atoms with van der Waals surface area (Å²) in [6, 6.07) is 13.5. The molecule has 1 amide bonds. The minimum atomic E-state index is -3.50. The summed E-state index contributed by atoms with van der Waals surface area (Å²) in [6.07, 6.45) is 1.76. The maximum atomic E-state index is 12.8. The zero-order valence-corrected chi connectivity index (χ0v) is 19.0. The summed E-state index contributed by atoms with van der Waals surface area (Å²) in [5.41, 5.74) is 0.875. The van der Waals surface area contributed by atoms with Gasteiger partial charge in [-0.2, -0.15) is 4.31 Å². The summed E-state index contributed by atoms with van der Waals surface area (Å²) >= 11 is 0. The number of rotatable bonds is 8. The molecule has 2 aromatic carbocycles. The molecule has 0 saturated carbocycles. The van der Waals surface area contributed by atoms with Gasteiger partial charge in [0.15, 0.2) is 6.61 Å². The summed E-state index contributed by atoms with van der Waals surface area (Å²) in [5, 5.41) is 2.88. The van der Waals surface area contributed by atoms with E-state index in [2.05, 4.69) is 12.2 Å². The predicted molar refractivity (Wildman–Crippen MR) is 119 cm³/mol. The third-order valence-electron chi connectivity index (χ3n) is 5.56. The Labute approximate surface area is 184 Å². The lowest BCUT2D eigenvalue weighted by Crippen LogP contribution is -2.37. The molecule has 1 fully saturated rings. The van der Waals surface area contributed by atoms with Crippen LogP contribution in [-0.4, -0.2) is 45.4 Å². The lowest BCUT2D eigenvalue weighted by Gasteiger charge is -2.29. The van der Waals surface area contributed by atoms with Crippen molar-refractivity contribution in [3.8, 4) is 11.5 Å². The van der Waals surface area contributed by atoms with Gasteiger partial charge in [0.1, 0.15) is 11.5 Å². The van der Waals surface area contributed by atoms with Crippen LogP contribution in [0.2, 0.25) is 0 Å². The molecule has 1 aliphatic rings. The molecule has 1 atom stereocenters. The molecular formula is C23H30N2O5S. The highest BCUT2D eigenvalue weighted by Gasteiger charge is 2.28. The van der Waals surface area contributed by atoms with Crippen molar-refractivity contribution in [2.75, 3.05) is 26.8 Å². The van der Waals surface area contributed by atoms with Crippen molar-refractivity contribution in [3.05, 3.63) is 54.1 Å². The Hall–Kier alpha value is -2.58. The molecule has 8 heteroatoms. The van der Waals surface area contributed by atoms with E-state index in [1.54, 1.807) is 19.2 Å². The zero-order chi connectivity index (χ0) is 22.4. The minimum absolute atomic E-state index is 0.171. The number of carbonyl (C=O) groups is 1. The van der Waals surface area contributed by atoms with Gasteiger partial charge in [0.2, 0.25) is 10.0 Å². The highest BCUT2D eigenvalue weighted by atomic mass is 32.2. The Morgan fingerprint density at radius 1 is 1.13 bits per heavy atom. The highest BCUT2D eigenvalue weighted by molar-refractivity contribution is 7.89. The van der Waals surface area contributed by atoms with E-state index in [1.165, 1.54) is 16.4 Å². The van der Waals surface area contributed by atoms with Crippen molar-refractivity contribution < 1.29 is 22.7 Å². The molecule has 168 valence electrons. The van der Waals surface area contributed by atoms with Crippen LogP contribution >= 0.6 is 0 Å². The molecule has 1 saturated heterocycles. The third kappa shape index (κ3) is 5.77. The van der Waals surface area contributed by atoms with Gasteiger partial charge in [-0.3, -0.25) is 4.79 Å². The molecule has 0 bridgehead atoms. The molecule has 1 aliphatic heterocycles. The number of para-hydroxylation sites is 1. The highest BCUT2D eigenvalue weighted by Crippen LogP contribution is 2.26. The average molecular weight is 447 g/mol. The van der Waals surface area contributed by atoms with Gasteiger partial charge in [0.05, 0.1) is 18.0 Å². The number of amides is 1. The number of piperidine rings is 1. The molecule has 1 unspecified atom stereocenters. The summed E-state index contributed by atoms with van der Waals surface area (Å²) in [6.45, 7) is 4.94. The number of hydrogen-bond acceptors (Lipinski definition) is 5. The van der Waals surface area contributed by atoms with Crippen molar-refractivity contribution in [1.29, 1.82) is 0 Å². The van der Waals surface area contributed by atoms with Crippen LogP contribution in [0, 0.1) is 5.92 Å². The van der Waals surface area contributed by atoms with Crippen LogP contribution in [0.3, 0.4) is 0 Å². The van der Waals surface area contributed by atoms with E-state index in [-0.39, 0.29) is 23.5 Å². The predicted octanol–water partition coefficient (Wildman–Crippen LogP) is 3.37. The van der Waals surface area contributed by atoms with Gasteiger partial charge in [-0.05, 0) is 56.0 Å². The van der Waals surface area contributed by atoms with Crippen molar-refractivity contribution in [1.82, 2.24) is 9.62 Å². The second kappa shape index (κ2) is 10.2. The Kier molecular flexibility index (Phi) is 7.56. The zero-order valence-electron chi connectivity index (χ0n) is 18.2. The summed E-state index contributed by atoms with van der Waals surface area (Å²) < 4.78 is 38.0. The first-order chi connectivity index (χ1) is 14.8. The third-order valence-corrected chi connectivity index (χ3v) is 7.47. The number of nitrogens with zero attached hydrogens (tertiary/aromatic N) is 1. The molecule has 0 aliphatic carbocycles. The van der Waals surface area contributed by atoms with Crippen LogP contribution in [0.1, 0.15) is 38.3 Å². The average Bonchev–Trinajstić information content (AvgIpc) is 2.78. The Balaban J connectivity index is 1.54. The van der Waals surface area contributed by atoms with Gasteiger partial charge in [-0.25, -0.2) is 8.42 Å². The van der Waals surface area contributed by atoms with Crippen LogP contribution in [-0.2, 0) is 14.8 Å². The van der Waals surface area contributed by atoms with Crippen LogP contribution in [0.4, 0.5) is 0 Å². The molecule has 2 aromatic rings. The number of ether oxygens (including phenoxy) is 2. The van der Waals surface area contributed by atoms with Crippen LogP contribution in [0.15, 0.2) is 53.4 Å². The number of benzene rings is 2. The van der Waals surface area contributed by atoms with Crippen LogP contribution < -0.4 is 14.8 Å². The van der Waals surface area contributed by atoms with E-state index in [4.69, 9.17) is 9.47 Å². The summed E-state index contributed by atoms with van der Waals surface area (Å²) in [7, 11) is -1.91. The largest absolute Gasteiger partial charge is 0.496 e. The van der Waals surface area contributed by atoms with Gasteiger partial charge in [-0.1, -0.05) is 25.1 Å². The van der Waals surface area contributed by atoms with Crippen molar-refractivity contribution in [2.45, 2.75) is 37.6 Å². The van der Waals surface area contributed by atoms with Gasteiger partial charge in [0.25, 0.3) is 5.91 Å². The topological polar surface area (TPSA) is 84.9 Å². The maximum Gasteiger partial charge on any atom is 0.258 e. The second-order valence-corrected chi connectivity index (χ2v) is 9.82. The van der Waals surface area contributed by atoms with Gasteiger partial charge >= 0.3 is 0 Å². The number of methoxy groups -OCH3 is 1. The number of carbonyl (C=O) groups excluding carboxylic acids is 1. The van der Waals surface area contributed by atoms with E-state index in [9.17, 15) is 13.2 Å². The van der Waals surface area contributed by atoms with E-state index in [0.29, 0.717) is 30.5 Å². The minimum Gasteiger partial charge on any atom is -0.496 e. The number of nitrogens with one attached hydrogen (secondary N) is 1. The van der Waals surface area contributed by atoms with E-state index in [1.807, 2.05) is 31.2 Å². The molecule has 3 rings (SSSR count). The van der Waals surface area contributed by atoms with Crippen molar-refractivity contribution >= 4 is 15.9 Å². The lowest BCUT2D eigenvalue weighted by molar-refractivity contribution is -0.123. The van der Waals surface area contributed by atoms with E-state index >= 15 is 0 Å². The Morgan fingerprint density at radius 2 is 1.77 bits per heavy atom. The fourth-order valence-electron chi connectivity index (χ4n) is 3.62. The molecule has 1 heterocycles. The van der Waals surface area contributed by atoms with Crippen molar-refractivity contribution in [3.63, 3.8) is 0 Å². The Bertz CT molecular complexity index is 983. The Morgan fingerprint density at radius 3 is 2.42 bits per heavy atom. The molecule has 7 nitrogen and oxygen atoms in total. The quantitative estimate of drug-likeness (QED) is 0.672. The first-order valence-electron chi connectivity index (χ1n) is 10.5. The molecule has 0 radical (unpaired) electrons. The van der Waals surface area contributed by atoms with E-state index in [0.717, 1.165) is 18.4 Å². The standard InChI is InChI=1S/C23H30N2O5S/c1-17-12-14-25(15-13-17)31(27,28)20-10-8-19(9-11-20)30-16-23(26)24-18(2)21-6-4-5-7-22(21)29-3/h4-11,17-18H,12-16H2,1-3H3,(H,24,26). The number of sulfonamides is 1. The summed E-state index contributed by atoms with van der Waals surface area (Å²) in [4.78, 5) is 12.5. The normalized spacial score (nSPS) is 16.5. The number of hydrogen-bond donors (Lipinski definition) is 1. The second-order valence-electron chi connectivity index (χ2n) is 7.88. The van der Waals surface area contributed by atoms with Crippen molar-refractivity contribution in [2.24, 2.45) is 5.92 Å². The van der Waals surface area contributed by atoms with Gasteiger partial charge < -0.3 is 14.8 Å². The van der Waals surface area contributed by atoms with Gasteiger partial charge in [0, 0.05) is 18.7 Å². The van der Waals surface area contributed by atoms with Crippen LogP contribution in [0.5, 0.6) is 11.5 Å². The molecule has 0 spiro atoms. The summed E-state index contributed by atoms with van der Waals surface area (Å²) in [5.74, 6) is 1.42. The van der Waals surface area contributed by atoms with E-state index < -0.39 is 10.0 Å². The van der Waals surface area contributed by atoms with Gasteiger partial charge in [-0.15, -0.1) is 0 Å². The fraction of sp³-hybridized carbons (Fsp3) is 0.435. The fourth-order valence-corrected chi connectivity index (χ4v) is 5.09. The first-order valence-corrected chi connectivity index (χ1v) is 11.9. The van der Waals surface area contributed by atoms with Crippen LogP contribution in [0.25, 0.3) is 0 Å². The maximum absolute atomic E-state index is 12.8. The SMILES string of the molecule is COc1ccccc1C(C)NC(=O)COc1ccc(S(=O)(=O)N2CCC(C)CC2)cc1. The smallest absolute Gasteiger partial charge is 0.258 e. The molecule has 0 aromatic heterocycles.